The van der Waals surface area contributed by atoms with Gasteiger partial charge >= 0.3 is 5.97 Å². The molecule has 0 saturated carbocycles. The van der Waals surface area contributed by atoms with E-state index < -0.39 is 0 Å². The molecule has 2 aromatic rings. The van der Waals surface area contributed by atoms with Gasteiger partial charge in [-0.3, -0.25) is 4.79 Å². The van der Waals surface area contributed by atoms with Crippen LogP contribution < -0.4 is 14.4 Å². The molecule has 1 aliphatic heterocycles. The van der Waals surface area contributed by atoms with E-state index in [-0.39, 0.29) is 11.5 Å². The fourth-order valence-corrected chi connectivity index (χ4v) is 3.56. The SMILES string of the molecule is COc1cc(OC(C)=O)cc2c1N(Cc1ccccc1)C(C)(C)C=C2C. The molecule has 4 heteroatoms. The van der Waals surface area contributed by atoms with Crippen molar-refractivity contribution in [3.8, 4) is 11.5 Å². The van der Waals surface area contributed by atoms with Crippen LogP contribution in [0.15, 0.2) is 48.5 Å². The highest BCUT2D eigenvalue weighted by molar-refractivity contribution is 5.86. The van der Waals surface area contributed by atoms with Crippen LogP contribution in [0.3, 0.4) is 0 Å². The van der Waals surface area contributed by atoms with Crippen LogP contribution in [0.2, 0.25) is 0 Å². The van der Waals surface area contributed by atoms with E-state index in [2.05, 4.69) is 56.0 Å². The molecule has 0 aromatic heterocycles. The van der Waals surface area contributed by atoms with Crippen molar-refractivity contribution in [3.63, 3.8) is 0 Å². The van der Waals surface area contributed by atoms with Crippen LogP contribution in [0.25, 0.3) is 5.57 Å². The first-order valence-corrected chi connectivity index (χ1v) is 8.73. The second-order valence-corrected chi connectivity index (χ2v) is 7.17. The van der Waals surface area contributed by atoms with Crippen LogP contribution in [-0.4, -0.2) is 18.6 Å². The molecule has 0 radical (unpaired) electrons. The highest BCUT2D eigenvalue weighted by atomic mass is 16.5. The zero-order valence-corrected chi connectivity index (χ0v) is 16.0. The number of anilines is 1. The van der Waals surface area contributed by atoms with E-state index in [1.54, 1.807) is 13.2 Å². The number of ether oxygens (including phenoxy) is 2. The average Bonchev–Trinajstić information content (AvgIpc) is 2.58. The number of hydrogen-bond donors (Lipinski definition) is 0. The molecule has 3 rings (SSSR count). The molecule has 0 unspecified atom stereocenters. The van der Waals surface area contributed by atoms with Crippen molar-refractivity contribution < 1.29 is 14.3 Å². The van der Waals surface area contributed by atoms with Crippen molar-refractivity contribution >= 4 is 17.2 Å². The smallest absolute Gasteiger partial charge is 0.308 e. The number of carbonyl (C=O) groups excluding carboxylic acids is 1. The summed E-state index contributed by atoms with van der Waals surface area (Å²) in [5.41, 5.74) is 4.24. The van der Waals surface area contributed by atoms with Gasteiger partial charge in [0.05, 0.1) is 18.3 Å². The number of nitrogens with zero attached hydrogens (tertiary/aromatic N) is 1. The Hall–Kier alpha value is -2.75. The Morgan fingerprint density at radius 1 is 1.15 bits per heavy atom. The summed E-state index contributed by atoms with van der Waals surface area (Å²) in [4.78, 5) is 13.7. The van der Waals surface area contributed by atoms with E-state index in [0.29, 0.717) is 11.5 Å². The van der Waals surface area contributed by atoms with E-state index >= 15 is 0 Å². The molecule has 26 heavy (non-hydrogen) atoms. The average molecular weight is 351 g/mol. The lowest BCUT2D eigenvalue weighted by Gasteiger charge is -2.44. The van der Waals surface area contributed by atoms with Gasteiger partial charge in [-0.1, -0.05) is 36.4 Å². The van der Waals surface area contributed by atoms with Crippen LogP contribution in [0.4, 0.5) is 5.69 Å². The maximum atomic E-state index is 11.4. The summed E-state index contributed by atoms with van der Waals surface area (Å²) in [6, 6.07) is 14.1. The summed E-state index contributed by atoms with van der Waals surface area (Å²) in [5.74, 6) is 0.862. The number of esters is 1. The molecule has 0 spiro atoms. The lowest BCUT2D eigenvalue weighted by molar-refractivity contribution is -0.131. The number of allylic oxidation sites excluding steroid dienone is 1. The summed E-state index contributed by atoms with van der Waals surface area (Å²) in [6.07, 6.45) is 2.25. The first kappa shape index (κ1) is 18.1. The fraction of sp³-hybridized carbons (Fsp3) is 0.318. The summed E-state index contributed by atoms with van der Waals surface area (Å²) in [6.45, 7) is 8.63. The Kier molecular flexibility index (Phi) is 4.77. The van der Waals surface area contributed by atoms with Gasteiger partial charge in [0, 0.05) is 25.1 Å². The van der Waals surface area contributed by atoms with Crippen LogP contribution in [0, 0.1) is 0 Å². The van der Waals surface area contributed by atoms with E-state index in [4.69, 9.17) is 9.47 Å². The van der Waals surface area contributed by atoms with Gasteiger partial charge in [0.2, 0.25) is 0 Å². The second kappa shape index (κ2) is 6.87. The number of rotatable bonds is 4. The minimum Gasteiger partial charge on any atom is -0.494 e. The van der Waals surface area contributed by atoms with Crippen molar-refractivity contribution in [2.24, 2.45) is 0 Å². The molecular weight excluding hydrogens is 326 g/mol. The third kappa shape index (κ3) is 3.45. The maximum absolute atomic E-state index is 11.4. The molecular formula is C22H25NO3. The van der Waals surface area contributed by atoms with Crippen LogP contribution >= 0.6 is 0 Å². The molecule has 2 aromatic carbocycles. The van der Waals surface area contributed by atoms with Gasteiger partial charge in [0.15, 0.2) is 0 Å². The van der Waals surface area contributed by atoms with E-state index in [1.807, 2.05) is 12.1 Å². The lowest BCUT2D eigenvalue weighted by atomic mass is 9.87. The standard InChI is InChI=1S/C22H25NO3/c1-15-13-22(3,4)23(14-17-9-7-6-8-10-17)21-19(15)11-18(26-16(2)24)12-20(21)25-5/h6-13H,14H2,1-5H3. The highest BCUT2D eigenvalue weighted by Crippen LogP contribution is 2.47. The van der Waals surface area contributed by atoms with Gasteiger partial charge in [0.25, 0.3) is 0 Å². The van der Waals surface area contributed by atoms with E-state index in [0.717, 1.165) is 23.4 Å². The minimum atomic E-state index is -0.342. The molecule has 136 valence electrons. The summed E-state index contributed by atoms with van der Waals surface area (Å²) in [5, 5.41) is 0. The Morgan fingerprint density at radius 2 is 1.85 bits per heavy atom. The van der Waals surface area contributed by atoms with Gasteiger partial charge < -0.3 is 14.4 Å². The number of hydrogen-bond acceptors (Lipinski definition) is 4. The molecule has 0 atom stereocenters. The zero-order chi connectivity index (χ0) is 18.9. The third-order valence-electron chi connectivity index (χ3n) is 4.67. The Labute approximate surface area is 155 Å². The summed E-state index contributed by atoms with van der Waals surface area (Å²) >= 11 is 0. The van der Waals surface area contributed by atoms with Gasteiger partial charge in [-0.05, 0) is 38.0 Å². The Bertz CT molecular complexity index is 853. The molecule has 1 aliphatic rings. The third-order valence-corrected chi connectivity index (χ3v) is 4.67. The molecule has 0 amide bonds. The molecule has 4 nitrogen and oxygen atoms in total. The second-order valence-electron chi connectivity index (χ2n) is 7.17. The lowest BCUT2D eigenvalue weighted by Crippen LogP contribution is -2.44. The molecule has 1 heterocycles. The predicted octanol–water partition coefficient (Wildman–Crippen LogP) is 4.82. The van der Waals surface area contributed by atoms with E-state index in [9.17, 15) is 4.79 Å². The van der Waals surface area contributed by atoms with Crippen LogP contribution in [0.5, 0.6) is 11.5 Å². The van der Waals surface area contributed by atoms with Crippen LogP contribution in [-0.2, 0) is 11.3 Å². The van der Waals surface area contributed by atoms with Crippen molar-refractivity contribution in [2.45, 2.75) is 39.8 Å². The highest BCUT2D eigenvalue weighted by Gasteiger charge is 2.34. The predicted molar refractivity (Wildman–Crippen MR) is 105 cm³/mol. The van der Waals surface area contributed by atoms with Gasteiger partial charge in [-0.15, -0.1) is 0 Å². The van der Waals surface area contributed by atoms with Crippen molar-refractivity contribution in [1.82, 2.24) is 0 Å². The Balaban J connectivity index is 2.14. The first-order chi connectivity index (χ1) is 12.3. The first-order valence-electron chi connectivity index (χ1n) is 8.73. The molecule has 0 bridgehead atoms. The fourth-order valence-electron chi connectivity index (χ4n) is 3.56. The summed E-state index contributed by atoms with van der Waals surface area (Å²) in [7, 11) is 1.65. The normalized spacial score (nSPS) is 15.1. The van der Waals surface area contributed by atoms with Crippen LogP contribution in [0.1, 0.15) is 38.8 Å². The summed E-state index contributed by atoms with van der Waals surface area (Å²) < 4.78 is 11.0. The van der Waals surface area contributed by atoms with Crippen molar-refractivity contribution in [1.29, 1.82) is 0 Å². The maximum Gasteiger partial charge on any atom is 0.308 e. The number of benzene rings is 2. The number of carbonyl (C=O) groups is 1. The van der Waals surface area contributed by atoms with Crippen molar-refractivity contribution in [2.75, 3.05) is 12.0 Å². The molecule has 0 N–H and O–H groups in total. The molecule has 0 aliphatic carbocycles. The minimum absolute atomic E-state index is 0.177. The molecule has 0 saturated heterocycles. The van der Waals surface area contributed by atoms with Gasteiger partial charge in [0.1, 0.15) is 11.5 Å². The van der Waals surface area contributed by atoms with Crippen molar-refractivity contribution in [3.05, 3.63) is 59.7 Å². The van der Waals surface area contributed by atoms with Gasteiger partial charge in [-0.2, -0.15) is 0 Å². The topological polar surface area (TPSA) is 38.8 Å². The molecule has 0 fully saturated rings. The largest absolute Gasteiger partial charge is 0.494 e. The monoisotopic (exact) mass is 351 g/mol. The van der Waals surface area contributed by atoms with Gasteiger partial charge in [-0.25, -0.2) is 0 Å². The Morgan fingerprint density at radius 3 is 2.46 bits per heavy atom. The number of fused-ring (bicyclic) bond motifs is 1. The number of methoxy groups -OCH3 is 1. The quantitative estimate of drug-likeness (QED) is 0.585. The van der Waals surface area contributed by atoms with E-state index in [1.165, 1.54) is 12.5 Å². The zero-order valence-electron chi connectivity index (χ0n) is 16.0.